The number of carbonyl (C=O) groups is 1. The molecule has 0 radical (unpaired) electrons. The molecule has 0 saturated heterocycles. The van der Waals surface area contributed by atoms with Crippen molar-refractivity contribution in [3.63, 3.8) is 0 Å². The third kappa shape index (κ3) is 3.84. The minimum absolute atomic E-state index is 0.0966. The lowest BCUT2D eigenvalue weighted by Crippen LogP contribution is -2.50. The minimum atomic E-state index is -0.0966. The van der Waals surface area contributed by atoms with Gasteiger partial charge in [0.05, 0.1) is 6.10 Å². The van der Waals surface area contributed by atoms with Crippen LogP contribution in [0.4, 0.5) is 0 Å². The number of fused-ring (bicyclic) bond motifs is 5. The number of aldehydes is 1. The first-order chi connectivity index (χ1) is 14.3. The molecule has 0 bridgehead atoms. The molecule has 0 heterocycles. The van der Waals surface area contributed by atoms with Crippen LogP contribution < -0.4 is 0 Å². The number of carbonyl (C=O) groups excluding carboxylic acids is 1. The molecule has 1 unspecified atom stereocenters. The predicted molar refractivity (Wildman–Crippen MR) is 124 cm³/mol. The lowest BCUT2D eigenvalue weighted by molar-refractivity contribution is -0.108. The van der Waals surface area contributed by atoms with Crippen LogP contribution in [0.3, 0.4) is 0 Å². The van der Waals surface area contributed by atoms with Gasteiger partial charge in [0, 0.05) is 6.42 Å². The van der Waals surface area contributed by atoms with Crippen molar-refractivity contribution in [2.45, 2.75) is 111 Å². The van der Waals surface area contributed by atoms with Gasteiger partial charge in [0.15, 0.2) is 0 Å². The highest BCUT2D eigenvalue weighted by Gasteiger charge is 2.59. The summed E-state index contributed by atoms with van der Waals surface area (Å²) < 4.78 is 0. The summed E-state index contributed by atoms with van der Waals surface area (Å²) in [4.78, 5) is 10.7. The number of aliphatic hydroxyl groups excluding tert-OH is 1. The van der Waals surface area contributed by atoms with E-state index in [1.165, 1.54) is 57.8 Å². The van der Waals surface area contributed by atoms with Crippen molar-refractivity contribution >= 4 is 6.29 Å². The van der Waals surface area contributed by atoms with E-state index in [0.717, 1.165) is 55.1 Å². The largest absolute Gasteiger partial charge is 0.393 e. The molecule has 0 spiro atoms. The second-order valence-electron chi connectivity index (χ2n) is 12.3. The zero-order chi connectivity index (χ0) is 21.5. The van der Waals surface area contributed by atoms with Gasteiger partial charge in [0.2, 0.25) is 0 Å². The molecule has 30 heavy (non-hydrogen) atoms. The Morgan fingerprint density at radius 1 is 1.10 bits per heavy atom. The molecule has 3 fully saturated rings. The second kappa shape index (κ2) is 8.72. The Kier molecular flexibility index (Phi) is 6.56. The van der Waals surface area contributed by atoms with E-state index in [2.05, 4.69) is 33.8 Å². The molecule has 2 heteroatoms. The summed E-state index contributed by atoms with van der Waals surface area (Å²) in [5.74, 6) is 4.87. The van der Waals surface area contributed by atoms with Crippen LogP contribution in [-0.4, -0.2) is 17.5 Å². The molecule has 0 aromatic rings. The molecule has 0 aliphatic heterocycles. The highest BCUT2D eigenvalue weighted by molar-refractivity contribution is 5.49. The molecule has 3 saturated carbocycles. The van der Waals surface area contributed by atoms with E-state index in [-0.39, 0.29) is 6.10 Å². The molecule has 0 aromatic heterocycles. The maximum atomic E-state index is 10.7. The Bertz CT molecular complexity index is 653. The first-order valence-electron chi connectivity index (χ1n) is 13.1. The van der Waals surface area contributed by atoms with Gasteiger partial charge in [-0.3, -0.25) is 0 Å². The molecular weight excluding hydrogens is 368 g/mol. The van der Waals surface area contributed by atoms with Crippen LogP contribution in [0.2, 0.25) is 0 Å². The zero-order valence-corrected chi connectivity index (χ0v) is 20.0. The van der Waals surface area contributed by atoms with Crippen molar-refractivity contribution < 1.29 is 9.90 Å². The Morgan fingerprint density at radius 3 is 2.67 bits per heavy atom. The van der Waals surface area contributed by atoms with E-state index in [4.69, 9.17) is 0 Å². The van der Waals surface area contributed by atoms with E-state index in [0.29, 0.717) is 16.7 Å². The second-order valence-corrected chi connectivity index (χ2v) is 12.3. The monoisotopic (exact) mass is 414 g/mol. The number of hydrogen-bond acceptors (Lipinski definition) is 2. The number of hydrogen-bond donors (Lipinski definition) is 1. The van der Waals surface area contributed by atoms with E-state index >= 15 is 0 Å². The van der Waals surface area contributed by atoms with Gasteiger partial charge in [0.25, 0.3) is 0 Å². The van der Waals surface area contributed by atoms with Crippen LogP contribution in [0.15, 0.2) is 11.6 Å². The Hall–Kier alpha value is -0.630. The fraction of sp³-hybridized carbons (Fsp3) is 0.893. The van der Waals surface area contributed by atoms with E-state index in [1.54, 1.807) is 5.57 Å². The molecule has 9 atom stereocenters. The Balaban J connectivity index is 1.43. The van der Waals surface area contributed by atoms with Crippen LogP contribution in [0.1, 0.15) is 105 Å². The van der Waals surface area contributed by atoms with Crippen molar-refractivity contribution in [2.24, 2.45) is 46.3 Å². The first-order valence-corrected chi connectivity index (χ1v) is 13.1. The predicted octanol–water partition coefficient (Wildman–Crippen LogP) is 6.96. The first kappa shape index (κ1) is 22.6. The number of rotatable bonds is 7. The third-order valence-electron chi connectivity index (χ3n) is 10.7. The maximum absolute atomic E-state index is 10.7. The molecule has 2 nitrogen and oxygen atoms in total. The lowest BCUT2D eigenvalue weighted by Gasteiger charge is -2.58. The van der Waals surface area contributed by atoms with Gasteiger partial charge < -0.3 is 9.90 Å². The van der Waals surface area contributed by atoms with Crippen molar-refractivity contribution in [2.75, 3.05) is 0 Å². The van der Waals surface area contributed by atoms with Crippen molar-refractivity contribution in [3.05, 3.63) is 11.6 Å². The number of aliphatic hydroxyl groups is 1. The van der Waals surface area contributed by atoms with E-state index in [1.807, 2.05) is 0 Å². The Labute approximate surface area is 185 Å². The van der Waals surface area contributed by atoms with Gasteiger partial charge in [-0.2, -0.15) is 0 Å². The molecule has 1 N–H and O–H groups in total. The summed E-state index contributed by atoms with van der Waals surface area (Å²) >= 11 is 0. The summed E-state index contributed by atoms with van der Waals surface area (Å²) in [5.41, 5.74) is 2.49. The summed E-state index contributed by atoms with van der Waals surface area (Å²) in [6.45, 7) is 9.95. The highest BCUT2D eigenvalue weighted by atomic mass is 16.3. The normalized spacial score (nSPS) is 45.0. The maximum Gasteiger partial charge on any atom is 0.120 e. The van der Waals surface area contributed by atoms with Gasteiger partial charge in [-0.05, 0) is 97.7 Å². The third-order valence-corrected chi connectivity index (χ3v) is 10.7. The van der Waals surface area contributed by atoms with Gasteiger partial charge in [0.1, 0.15) is 6.29 Å². The molecule has 0 aromatic carbocycles. The molecule has 4 rings (SSSR count). The summed E-state index contributed by atoms with van der Waals surface area (Å²) in [5, 5.41) is 10.2. The molecule has 170 valence electrons. The van der Waals surface area contributed by atoms with Gasteiger partial charge in [-0.1, -0.05) is 58.6 Å². The molecule has 4 aliphatic rings. The minimum Gasteiger partial charge on any atom is -0.393 e. The highest BCUT2D eigenvalue weighted by Crippen LogP contribution is 2.67. The quantitative estimate of drug-likeness (QED) is 0.361. The van der Waals surface area contributed by atoms with E-state index in [9.17, 15) is 9.90 Å². The average Bonchev–Trinajstić information content (AvgIpc) is 3.06. The van der Waals surface area contributed by atoms with Gasteiger partial charge >= 0.3 is 0 Å². The van der Waals surface area contributed by atoms with Crippen molar-refractivity contribution in [1.29, 1.82) is 0 Å². The summed E-state index contributed by atoms with van der Waals surface area (Å²) in [6.07, 6.45) is 18.2. The van der Waals surface area contributed by atoms with Crippen LogP contribution in [0.5, 0.6) is 0 Å². The topological polar surface area (TPSA) is 37.3 Å². The van der Waals surface area contributed by atoms with Crippen molar-refractivity contribution in [3.8, 4) is 0 Å². The lowest BCUT2D eigenvalue weighted by atomic mass is 9.47. The average molecular weight is 415 g/mol. The van der Waals surface area contributed by atoms with Gasteiger partial charge in [-0.25, -0.2) is 0 Å². The SMILES string of the molecule is CC(CC=O)CCC[C@@H](C)[C@H]1CC[C@H]2[C@@H]3CC=C4C[C@@H](O)CC[C@]4(C)[C@H]3CC[C@]12C. The summed E-state index contributed by atoms with van der Waals surface area (Å²) in [7, 11) is 0. The zero-order valence-electron chi connectivity index (χ0n) is 20.0. The number of allylic oxidation sites excluding steroid dienone is 1. The molecule has 0 amide bonds. The fourth-order valence-corrected chi connectivity index (χ4v) is 8.89. The summed E-state index contributed by atoms with van der Waals surface area (Å²) in [6, 6.07) is 0. The van der Waals surface area contributed by atoms with Crippen molar-refractivity contribution in [1.82, 2.24) is 0 Å². The van der Waals surface area contributed by atoms with Crippen LogP contribution in [0.25, 0.3) is 0 Å². The Morgan fingerprint density at radius 2 is 1.90 bits per heavy atom. The smallest absolute Gasteiger partial charge is 0.120 e. The van der Waals surface area contributed by atoms with Gasteiger partial charge in [-0.15, -0.1) is 0 Å². The molecule has 4 aliphatic carbocycles. The van der Waals surface area contributed by atoms with Crippen LogP contribution >= 0.6 is 0 Å². The van der Waals surface area contributed by atoms with Crippen LogP contribution in [-0.2, 0) is 4.79 Å². The van der Waals surface area contributed by atoms with Crippen LogP contribution in [0, 0.1) is 46.3 Å². The van der Waals surface area contributed by atoms with E-state index < -0.39 is 0 Å². The standard InChI is InChI=1S/C28H46O2/c1-19(14-17-29)6-5-7-20(2)24-10-11-25-23-9-8-21-18-22(30)12-15-27(21,3)26(23)13-16-28(24,25)4/h8,17,19-20,22-26,30H,5-7,9-16,18H2,1-4H3/t19?,20-,22+,23+,24-,25+,26+,27+,28-/m1/s1. The fourth-order valence-electron chi connectivity index (χ4n) is 8.89. The molecular formula is C28H46O2.